The van der Waals surface area contributed by atoms with E-state index < -0.39 is 15.3 Å². The summed E-state index contributed by atoms with van der Waals surface area (Å²) in [6.45, 7) is 2.75. The first-order chi connectivity index (χ1) is 13.3. The van der Waals surface area contributed by atoms with Crippen LogP contribution in [0.2, 0.25) is 0 Å². The van der Waals surface area contributed by atoms with Gasteiger partial charge in [-0.25, -0.2) is 13.4 Å². The number of sulfone groups is 1. The zero-order chi connectivity index (χ0) is 20.2. The summed E-state index contributed by atoms with van der Waals surface area (Å²) in [6.07, 6.45) is 12.1. The lowest BCUT2D eigenvalue weighted by atomic mass is 9.68. The van der Waals surface area contributed by atoms with E-state index in [0.29, 0.717) is 6.54 Å². The Balaban J connectivity index is 1.84. The number of amides is 1. The summed E-state index contributed by atoms with van der Waals surface area (Å²) in [7, 11) is -3.25. The van der Waals surface area contributed by atoms with Crippen LogP contribution in [0.4, 0.5) is 0 Å². The largest absolute Gasteiger partial charge is 0.351 e. The van der Waals surface area contributed by atoms with Gasteiger partial charge in [0.25, 0.3) is 0 Å². The van der Waals surface area contributed by atoms with Crippen LogP contribution in [0.3, 0.4) is 0 Å². The Morgan fingerprint density at radius 3 is 2.43 bits per heavy atom. The van der Waals surface area contributed by atoms with Crippen LogP contribution in [0.15, 0.2) is 47.9 Å². The molecule has 1 atom stereocenters. The number of hydrogen-bond donors (Lipinski definition) is 1. The number of nitrogens with zero attached hydrogens (tertiary/aromatic N) is 2. The van der Waals surface area contributed by atoms with Gasteiger partial charge in [-0.15, -0.1) is 0 Å². The smallest absolute Gasteiger partial charge is 0.230 e. The summed E-state index contributed by atoms with van der Waals surface area (Å²) in [5, 5.41) is 3.25. The Kier molecular flexibility index (Phi) is 6.23. The Morgan fingerprint density at radius 2 is 1.89 bits per heavy atom. The number of nitrogens with one attached hydrogen (secondary N) is 1. The fourth-order valence-electron chi connectivity index (χ4n) is 4.07. The highest BCUT2D eigenvalue weighted by molar-refractivity contribution is 7.90. The lowest BCUT2D eigenvalue weighted by Crippen LogP contribution is -2.50. The second kappa shape index (κ2) is 8.47. The molecule has 1 aliphatic rings. The molecule has 1 aromatic carbocycles. The van der Waals surface area contributed by atoms with E-state index in [1.54, 1.807) is 24.7 Å². The third-order valence-electron chi connectivity index (χ3n) is 5.80. The summed E-state index contributed by atoms with van der Waals surface area (Å²) in [6, 6.07) is 6.90. The fourth-order valence-corrected chi connectivity index (χ4v) is 4.70. The van der Waals surface area contributed by atoms with Crippen LogP contribution < -0.4 is 5.32 Å². The highest BCUT2D eigenvalue weighted by Crippen LogP contribution is 2.40. The normalized spacial score (nSPS) is 17.8. The minimum absolute atomic E-state index is 0.0239. The molecule has 1 heterocycles. The lowest BCUT2D eigenvalue weighted by molar-refractivity contribution is -0.129. The number of benzene rings is 1. The van der Waals surface area contributed by atoms with Crippen LogP contribution in [0.25, 0.3) is 0 Å². The number of carbonyl (C=O) groups is 1. The molecule has 152 valence electrons. The van der Waals surface area contributed by atoms with Crippen molar-refractivity contribution >= 4 is 15.7 Å². The molecule has 2 aromatic rings. The minimum atomic E-state index is -3.25. The molecule has 1 aromatic heterocycles. The van der Waals surface area contributed by atoms with Gasteiger partial charge >= 0.3 is 0 Å². The molecule has 3 rings (SSSR count). The van der Waals surface area contributed by atoms with Crippen molar-refractivity contribution in [2.75, 3.05) is 6.26 Å². The van der Waals surface area contributed by atoms with Gasteiger partial charge in [0.05, 0.1) is 16.6 Å². The molecule has 1 fully saturated rings. The average molecular weight is 404 g/mol. The molecule has 0 radical (unpaired) electrons. The van der Waals surface area contributed by atoms with E-state index in [0.717, 1.165) is 44.1 Å². The molecule has 1 unspecified atom stereocenters. The number of aromatic nitrogens is 2. The van der Waals surface area contributed by atoms with E-state index in [-0.39, 0.29) is 16.8 Å². The highest BCUT2D eigenvalue weighted by Gasteiger charge is 2.41. The lowest BCUT2D eigenvalue weighted by Gasteiger charge is -2.37. The van der Waals surface area contributed by atoms with E-state index >= 15 is 0 Å². The first-order valence-corrected chi connectivity index (χ1v) is 11.8. The van der Waals surface area contributed by atoms with Crippen LogP contribution in [0, 0.1) is 0 Å². The number of carbonyl (C=O) groups excluding carboxylic acids is 1. The molecular weight excluding hydrogens is 374 g/mol. The van der Waals surface area contributed by atoms with Crippen molar-refractivity contribution in [2.24, 2.45) is 0 Å². The van der Waals surface area contributed by atoms with E-state index in [1.165, 1.54) is 6.26 Å². The molecule has 6 nitrogen and oxygen atoms in total. The maximum absolute atomic E-state index is 13.4. The zero-order valence-electron chi connectivity index (χ0n) is 16.6. The fraction of sp³-hybridized carbons (Fsp3) is 0.524. The van der Waals surface area contributed by atoms with Crippen molar-refractivity contribution < 1.29 is 13.2 Å². The second-order valence-corrected chi connectivity index (χ2v) is 9.79. The first-order valence-electron chi connectivity index (χ1n) is 9.92. The molecule has 7 heteroatoms. The van der Waals surface area contributed by atoms with Crippen molar-refractivity contribution in [1.29, 1.82) is 0 Å². The number of rotatable bonds is 7. The van der Waals surface area contributed by atoms with Crippen LogP contribution in [0.1, 0.15) is 51.0 Å². The molecule has 0 aliphatic heterocycles. The SMILES string of the molecule is CCC(Cn1ccnc1)NC(=O)C1(c2ccc(S(C)(=O)=O)cc2)CCCCC1. The van der Waals surface area contributed by atoms with E-state index in [1.807, 2.05) is 22.9 Å². The molecule has 0 spiro atoms. The molecule has 0 saturated heterocycles. The van der Waals surface area contributed by atoms with Crippen molar-refractivity contribution in [3.8, 4) is 0 Å². The van der Waals surface area contributed by atoms with Gasteiger partial charge in [0.1, 0.15) is 0 Å². The quantitative estimate of drug-likeness (QED) is 0.770. The molecular formula is C21H29N3O3S. The van der Waals surface area contributed by atoms with Crippen LogP contribution in [-0.4, -0.2) is 36.2 Å². The highest BCUT2D eigenvalue weighted by atomic mass is 32.2. The Morgan fingerprint density at radius 1 is 1.21 bits per heavy atom. The molecule has 1 saturated carbocycles. The Hall–Kier alpha value is -2.15. The molecule has 28 heavy (non-hydrogen) atoms. The van der Waals surface area contributed by atoms with Crippen LogP contribution in [-0.2, 0) is 26.6 Å². The van der Waals surface area contributed by atoms with Crippen molar-refractivity contribution in [3.05, 3.63) is 48.5 Å². The molecule has 1 amide bonds. The van der Waals surface area contributed by atoms with Gasteiger partial charge in [0.2, 0.25) is 5.91 Å². The maximum Gasteiger partial charge on any atom is 0.230 e. The summed E-state index contributed by atoms with van der Waals surface area (Å²) in [5.41, 5.74) is 0.325. The Bertz CT molecular complexity index is 883. The minimum Gasteiger partial charge on any atom is -0.351 e. The van der Waals surface area contributed by atoms with Gasteiger partial charge in [-0.2, -0.15) is 0 Å². The van der Waals surface area contributed by atoms with Gasteiger partial charge in [-0.3, -0.25) is 4.79 Å². The third kappa shape index (κ3) is 4.46. The van der Waals surface area contributed by atoms with E-state index in [9.17, 15) is 13.2 Å². The summed E-state index contributed by atoms with van der Waals surface area (Å²) in [4.78, 5) is 17.8. The maximum atomic E-state index is 13.4. The Labute approximate surface area is 167 Å². The predicted molar refractivity (Wildman–Crippen MR) is 109 cm³/mol. The summed E-state index contributed by atoms with van der Waals surface area (Å²) < 4.78 is 25.5. The number of hydrogen-bond acceptors (Lipinski definition) is 4. The predicted octanol–water partition coefficient (Wildman–Crippen LogP) is 3.08. The second-order valence-electron chi connectivity index (χ2n) is 7.78. The molecule has 0 bridgehead atoms. The molecule has 1 N–H and O–H groups in total. The zero-order valence-corrected chi connectivity index (χ0v) is 17.4. The van der Waals surface area contributed by atoms with Crippen molar-refractivity contribution in [2.45, 2.75) is 68.3 Å². The summed E-state index contributed by atoms with van der Waals surface area (Å²) >= 11 is 0. The molecule has 1 aliphatic carbocycles. The average Bonchev–Trinajstić information content (AvgIpc) is 3.20. The van der Waals surface area contributed by atoms with Gasteiger partial charge in [0, 0.05) is 31.2 Å². The third-order valence-corrected chi connectivity index (χ3v) is 6.92. The first kappa shape index (κ1) is 20.6. The van der Waals surface area contributed by atoms with Crippen LogP contribution in [0.5, 0.6) is 0 Å². The van der Waals surface area contributed by atoms with Gasteiger partial charge in [-0.05, 0) is 37.0 Å². The number of imidazole rings is 1. The standard InChI is InChI=1S/C21H29N3O3S/c1-3-18(15-24-14-13-22-16-24)23-20(25)21(11-5-4-6-12-21)17-7-9-19(10-8-17)28(2,26)27/h7-10,13-14,16,18H,3-6,11-12,15H2,1-2H3,(H,23,25). The van der Waals surface area contributed by atoms with E-state index in [4.69, 9.17) is 0 Å². The van der Waals surface area contributed by atoms with Gasteiger partial charge < -0.3 is 9.88 Å². The van der Waals surface area contributed by atoms with Crippen molar-refractivity contribution in [3.63, 3.8) is 0 Å². The van der Waals surface area contributed by atoms with Crippen molar-refractivity contribution in [1.82, 2.24) is 14.9 Å². The monoisotopic (exact) mass is 403 g/mol. The van der Waals surface area contributed by atoms with Crippen LogP contribution >= 0.6 is 0 Å². The topological polar surface area (TPSA) is 81.1 Å². The van der Waals surface area contributed by atoms with Gasteiger partial charge in [0.15, 0.2) is 9.84 Å². The van der Waals surface area contributed by atoms with E-state index in [2.05, 4.69) is 17.2 Å². The summed E-state index contributed by atoms with van der Waals surface area (Å²) in [5.74, 6) is 0.0475. The van der Waals surface area contributed by atoms with Gasteiger partial charge in [-0.1, -0.05) is 38.3 Å².